The molecule has 3 fully saturated rings. The van der Waals surface area contributed by atoms with Gasteiger partial charge in [-0.05, 0) is 76.5 Å². The first-order valence-corrected chi connectivity index (χ1v) is 16.5. The minimum Gasteiger partial charge on any atom is -0.356 e. The number of carbonyl (C=O) groups is 1. The smallest absolute Gasteiger partial charge is 0.240 e. The molecule has 5 rings (SSSR count). The maximum absolute atomic E-state index is 15.3. The van der Waals surface area contributed by atoms with E-state index in [1.165, 1.54) is 12.8 Å². The summed E-state index contributed by atoms with van der Waals surface area (Å²) in [6.45, 7) is 11.6. The van der Waals surface area contributed by atoms with Gasteiger partial charge in [-0.3, -0.25) is 4.79 Å². The summed E-state index contributed by atoms with van der Waals surface area (Å²) in [5.74, 6) is 1.03. The lowest BCUT2D eigenvalue weighted by Gasteiger charge is -2.57. The molecule has 1 saturated carbocycles. The minimum absolute atomic E-state index is 0.0124. The van der Waals surface area contributed by atoms with Crippen molar-refractivity contribution >= 4 is 17.4 Å². The first-order valence-electron chi connectivity index (χ1n) is 16.5. The number of likely N-dealkylation sites (tertiary alicyclic amines) is 1. The van der Waals surface area contributed by atoms with Gasteiger partial charge in [0.05, 0.1) is 17.8 Å². The largest absolute Gasteiger partial charge is 0.356 e. The fraction of sp³-hybridized carbons (Fsp3) is 0.788. The number of fused-ring (bicyclic) bond motifs is 1. The fourth-order valence-corrected chi connectivity index (χ4v) is 8.31. The Morgan fingerprint density at radius 3 is 2.54 bits per heavy atom. The number of rotatable bonds is 10. The second kappa shape index (κ2) is 12.6. The third-order valence-electron chi connectivity index (χ3n) is 10.9. The molecule has 5 unspecified atom stereocenters. The Hall–Kier alpha value is -2.22. The zero-order valence-corrected chi connectivity index (χ0v) is 26.0. The van der Waals surface area contributed by atoms with Crippen LogP contribution in [0.25, 0.3) is 5.65 Å². The molecule has 1 amide bonds. The van der Waals surface area contributed by atoms with Crippen molar-refractivity contribution in [3.8, 4) is 0 Å². The van der Waals surface area contributed by atoms with Gasteiger partial charge in [-0.25, -0.2) is 13.9 Å². The zero-order chi connectivity index (χ0) is 29.2. The van der Waals surface area contributed by atoms with Gasteiger partial charge < -0.3 is 15.5 Å². The van der Waals surface area contributed by atoms with Gasteiger partial charge in [0.15, 0.2) is 5.65 Å². The van der Waals surface area contributed by atoms with Crippen LogP contribution in [0.2, 0.25) is 0 Å². The van der Waals surface area contributed by atoms with Crippen LogP contribution in [0.5, 0.6) is 0 Å². The SMILES string of the molecule is CCCCC1(C)CCC(F)CC1(CCCC)C(N)C(=O)N1CCCCC1c1cc2nc(N3CCCC3)c(C)cn2n1. The van der Waals surface area contributed by atoms with Crippen LogP contribution >= 0.6 is 0 Å². The van der Waals surface area contributed by atoms with Gasteiger partial charge in [-0.1, -0.05) is 46.5 Å². The van der Waals surface area contributed by atoms with Crippen molar-refractivity contribution in [1.82, 2.24) is 19.5 Å². The molecule has 0 spiro atoms. The molecule has 2 saturated heterocycles. The molecule has 41 heavy (non-hydrogen) atoms. The number of nitrogens with two attached hydrogens (primary N) is 1. The molecule has 3 aliphatic rings. The van der Waals surface area contributed by atoms with Crippen LogP contribution in [0.1, 0.15) is 128 Å². The molecule has 8 heteroatoms. The van der Waals surface area contributed by atoms with E-state index in [-0.39, 0.29) is 17.4 Å². The summed E-state index contributed by atoms with van der Waals surface area (Å²) in [7, 11) is 0. The maximum Gasteiger partial charge on any atom is 0.240 e. The molecule has 5 atom stereocenters. The monoisotopic (exact) mass is 568 g/mol. The quantitative estimate of drug-likeness (QED) is 0.337. The third kappa shape index (κ3) is 5.74. The van der Waals surface area contributed by atoms with E-state index in [0.717, 1.165) is 100 Å². The highest BCUT2D eigenvalue weighted by Gasteiger charge is 2.57. The Labute approximate surface area is 246 Å². The summed E-state index contributed by atoms with van der Waals surface area (Å²) in [5, 5.41) is 4.96. The number of anilines is 1. The van der Waals surface area contributed by atoms with Gasteiger partial charge in [0.25, 0.3) is 0 Å². The number of alkyl halides is 1. The van der Waals surface area contributed by atoms with E-state index in [1.54, 1.807) is 0 Å². The highest BCUT2D eigenvalue weighted by molar-refractivity contribution is 5.83. The molecule has 2 aromatic rings. The number of hydrogen-bond donors (Lipinski definition) is 1. The average molecular weight is 569 g/mol. The highest BCUT2D eigenvalue weighted by Crippen LogP contribution is 2.58. The Kier molecular flexibility index (Phi) is 9.27. The van der Waals surface area contributed by atoms with Crippen LogP contribution in [0.4, 0.5) is 10.2 Å². The predicted molar refractivity (Wildman–Crippen MR) is 164 cm³/mol. The van der Waals surface area contributed by atoms with E-state index in [1.807, 2.05) is 9.42 Å². The van der Waals surface area contributed by atoms with Crippen LogP contribution < -0.4 is 10.6 Å². The summed E-state index contributed by atoms with van der Waals surface area (Å²) in [4.78, 5) is 23.9. The first kappa shape index (κ1) is 30.2. The molecule has 0 radical (unpaired) electrons. The van der Waals surface area contributed by atoms with Crippen LogP contribution in [-0.4, -0.2) is 57.3 Å². The number of unbranched alkanes of at least 4 members (excludes halogenated alkanes) is 2. The van der Waals surface area contributed by atoms with Crippen molar-refractivity contribution in [2.45, 2.75) is 136 Å². The zero-order valence-electron chi connectivity index (χ0n) is 26.0. The van der Waals surface area contributed by atoms with Crippen molar-refractivity contribution in [2.24, 2.45) is 16.6 Å². The average Bonchev–Trinajstić information content (AvgIpc) is 3.66. The van der Waals surface area contributed by atoms with Crippen LogP contribution in [0, 0.1) is 17.8 Å². The van der Waals surface area contributed by atoms with Crippen LogP contribution in [-0.2, 0) is 4.79 Å². The van der Waals surface area contributed by atoms with Crippen LogP contribution in [0.3, 0.4) is 0 Å². The van der Waals surface area contributed by atoms with E-state index in [2.05, 4.69) is 44.9 Å². The lowest BCUT2D eigenvalue weighted by molar-refractivity contribution is -0.149. The molecule has 7 nitrogen and oxygen atoms in total. The van der Waals surface area contributed by atoms with E-state index in [9.17, 15) is 4.79 Å². The van der Waals surface area contributed by atoms with Gasteiger partial charge in [0.1, 0.15) is 12.0 Å². The van der Waals surface area contributed by atoms with E-state index in [0.29, 0.717) is 19.4 Å². The summed E-state index contributed by atoms with van der Waals surface area (Å²) >= 11 is 0. The van der Waals surface area contributed by atoms with Gasteiger partial charge >= 0.3 is 0 Å². The summed E-state index contributed by atoms with van der Waals surface area (Å²) in [5.41, 5.74) is 9.30. The number of piperidine rings is 1. The van der Waals surface area contributed by atoms with Gasteiger partial charge in [-0.15, -0.1) is 0 Å². The molecule has 4 heterocycles. The van der Waals surface area contributed by atoms with Gasteiger partial charge in [0, 0.05) is 42.9 Å². The lowest BCUT2D eigenvalue weighted by atomic mass is 9.50. The van der Waals surface area contributed by atoms with Crippen molar-refractivity contribution in [2.75, 3.05) is 24.5 Å². The highest BCUT2D eigenvalue weighted by atomic mass is 19.1. The number of nitrogens with zero attached hydrogens (tertiary/aromatic N) is 5. The second-order valence-electron chi connectivity index (χ2n) is 13.6. The summed E-state index contributed by atoms with van der Waals surface area (Å²) in [6, 6.07) is 1.22. The normalized spacial score (nSPS) is 29.8. The van der Waals surface area contributed by atoms with Gasteiger partial charge in [-0.2, -0.15) is 5.10 Å². The molecular weight excluding hydrogens is 515 g/mol. The van der Waals surface area contributed by atoms with Crippen LogP contribution in [0.15, 0.2) is 12.3 Å². The molecule has 0 aromatic carbocycles. The number of hydrogen-bond acceptors (Lipinski definition) is 5. The number of aryl methyl sites for hydroxylation is 1. The molecule has 2 aromatic heterocycles. The Bertz CT molecular complexity index is 1190. The number of halogens is 1. The first-order chi connectivity index (χ1) is 19.7. The Morgan fingerprint density at radius 2 is 1.80 bits per heavy atom. The van der Waals surface area contributed by atoms with Crippen molar-refractivity contribution in [1.29, 1.82) is 0 Å². The fourth-order valence-electron chi connectivity index (χ4n) is 8.31. The van der Waals surface area contributed by atoms with E-state index >= 15 is 4.39 Å². The Balaban J connectivity index is 1.46. The van der Waals surface area contributed by atoms with Gasteiger partial charge in [0.2, 0.25) is 5.91 Å². The number of aromatic nitrogens is 3. The molecule has 0 bridgehead atoms. The summed E-state index contributed by atoms with van der Waals surface area (Å²) < 4.78 is 17.1. The van der Waals surface area contributed by atoms with E-state index < -0.39 is 17.6 Å². The Morgan fingerprint density at radius 1 is 1.10 bits per heavy atom. The lowest BCUT2D eigenvalue weighted by Crippen LogP contribution is -2.62. The van der Waals surface area contributed by atoms with Crippen molar-refractivity contribution in [3.63, 3.8) is 0 Å². The molecule has 1 aliphatic carbocycles. The topological polar surface area (TPSA) is 79.8 Å². The molecule has 2 N–H and O–H groups in total. The predicted octanol–water partition coefficient (Wildman–Crippen LogP) is 6.91. The summed E-state index contributed by atoms with van der Waals surface area (Å²) in [6.07, 6.45) is 14.2. The van der Waals surface area contributed by atoms with Crippen molar-refractivity contribution in [3.05, 3.63) is 23.5 Å². The second-order valence-corrected chi connectivity index (χ2v) is 13.6. The number of amides is 1. The van der Waals surface area contributed by atoms with Crippen molar-refractivity contribution < 1.29 is 9.18 Å². The maximum atomic E-state index is 15.3. The molecule has 2 aliphatic heterocycles. The minimum atomic E-state index is -0.893. The molecular formula is C33H53FN6O. The standard InChI is InChI=1S/C33H53FN6O/c1-5-7-15-32(4)17-14-25(34)22-33(32,16-8-6-2)29(35)31(41)39-20-10-9-13-27(39)26-21-28-36-30(38-18-11-12-19-38)24(3)23-40(28)37-26/h21,23,25,27,29H,5-20,22,35H2,1-4H3. The number of carbonyl (C=O) groups excluding carboxylic acids is 1. The third-order valence-corrected chi connectivity index (χ3v) is 10.9. The molecule has 228 valence electrons. The van der Waals surface area contributed by atoms with E-state index in [4.69, 9.17) is 15.8 Å².